The lowest BCUT2D eigenvalue weighted by Gasteiger charge is -2.20. The van der Waals surface area contributed by atoms with Gasteiger partial charge in [0, 0.05) is 12.8 Å². The molecule has 6 N–H and O–H groups in total. The van der Waals surface area contributed by atoms with Crippen molar-refractivity contribution >= 4 is 19.8 Å². The molecule has 0 spiro atoms. The van der Waals surface area contributed by atoms with E-state index in [9.17, 15) is 39.5 Å². The number of allylic oxidation sites excluding steroid dienone is 7. The Morgan fingerprint density at radius 2 is 1.21 bits per heavy atom. The third-order valence-electron chi connectivity index (χ3n) is 8.46. The predicted octanol–water partition coefficient (Wildman–Crippen LogP) is 7.10. The number of ether oxygens (including phenoxy) is 2. The number of esters is 2. The van der Waals surface area contributed by atoms with E-state index in [4.69, 9.17) is 19.1 Å². The van der Waals surface area contributed by atoms with E-state index in [0.717, 1.165) is 38.0 Å². The summed E-state index contributed by atoms with van der Waals surface area (Å²) in [6.07, 6.45) is 25.8. The minimum Gasteiger partial charge on any atom is -0.462 e. The van der Waals surface area contributed by atoms with Crippen molar-refractivity contribution in [3.8, 4) is 0 Å². The molecule has 13 nitrogen and oxygen atoms in total. The van der Waals surface area contributed by atoms with Crippen LogP contribution in [0.2, 0.25) is 0 Å². The molecule has 324 valence electrons. The maximum Gasteiger partial charge on any atom is 0.472 e. The highest BCUT2D eigenvalue weighted by molar-refractivity contribution is 7.47. The van der Waals surface area contributed by atoms with Crippen LogP contribution < -0.4 is 0 Å². The molecule has 0 aromatic carbocycles. The first-order valence-corrected chi connectivity index (χ1v) is 21.9. The molecular formula is C42H73O13P. The number of aliphatic hydroxyl groups excluding tert-OH is 5. The van der Waals surface area contributed by atoms with Gasteiger partial charge in [-0.05, 0) is 38.0 Å². The smallest absolute Gasteiger partial charge is 0.462 e. The van der Waals surface area contributed by atoms with E-state index >= 15 is 0 Å². The maximum atomic E-state index is 12.6. The second-order valence-corrected chi connectivity index (χ2v) is 15.8. The molecule has 0 amide bonds. The fourth-order valence-electron chi connectivity index (χ4n) is 5.17. The van der Waals surface area contributed by atoms with Crippen molar-refractivity contribution < 1.29 is 63.1 Å². The Bertz CT molecular complexity index is 1180. The van der Waals surface area contributed by atoms with E-state index in [1.54, 1.807) is 42.5 Å². The number of carbonyl (C=O) groups is 2. The minimum atomic E-state index is -4.70. The highest BCUT2D eigenvalue weighted by Crippen LogP contribution is 2.43. The number of phosphoric acid groups is 1. The third-order valence-corrected chi connectivity index (χ3v) is 9.41. The van der Waals surface area contributed by atoms with Gasteiger partial charge in [-0.2, -0.15) is 0 Å². The van der Waals surface area contributed by atoms with Gasteiger partial charge in [-0.3, -0.25) is 18.6 Å². The summed E-state index contributed by atoms with van der Waals surface area (Å²) in [5.74, 6) is -0.501. The van der Waals surface area contributed by atoms with Crippen LogP contribution in [0.5, 0.6) is 0 Å². The summed E-state index contributed by atoms with van der Waals surface area (Å²) in [6, 6.07) is 0. The Kier molecular flexibility index (Phi) is 34.1. The monoisotopic (exact) mass is 816 g/mol. The van der Waals surface area contributed by atoms with Crippen molar-refractivity contribution in [3.05, 3.63) is 60.8 Å². The van der Waals surface area contributed by atoms with Crippen LogP contribution in [0, 0.1) is 5.92 Å². The van der Waals surface area contributed by atoms with E-state index < -0.39 is 76.7 Å². The highest BCUT2D eigenvalue weighted by atomic mass is 31.2. The zero-order valence-corrected chi connectivity index (χ0v) is 35.0. The van der Waals surface area contributed by atoms with Crippen LogP contribution in [-0.4, -0.2) is 99.3 Å². The van der Waals surface area contributed by atoms with Crippen molar-refractivity contribution in [3.63, 3.8) is 0 Å². The number of carbonyl (C=O) groups excluding carboxylic acids is 2. The zero-order chi connectivity index (χ0) is 41.9. The molecule has 0 aromatic rings. The normalized spacial score (nSPS) is 16.3. The van der Waals surface area contributed by atoms with Crippen molar-refractivity contribution in [2.75, 3.05) is 26.4 Å². The van der Waals surface area contributed by atoms with Gasteiger partial charge in [0.05, 0.1) is 38.1 Å². The molecule has 0 aliphatic carbocycles. The van der Waals surface area contributed by atoms with Gasteiger partial charge in [0.1, 0.15) is 12.7 Å². The second-order valence-electron chi connectivity index (χ2n) is 14.3. The van der Waals surface area contributed by atoms with Gasteiger partial charge in [-0.15, -0.1) is 0 Å². The van der Waals surface area contributed by atoms with Gasteiger partial charge in [-0.25, -0.2) is 4.57 Å². The molecule has 0 fully saturated rings. The van der Waals surface area contributed by atoms with E-state index in [0.29, 0.717) is 12.8 Å². The topological polar surface area (TPSA) is 210 Å². The summed E-state index contributed by atoms with van der Waals surface area (Å²) in [5.41, 5.74) is 0. The predicted molar refractivity (Wildman–Crippen MR) is 218 cm³/mol. The molecule has 0 aliphatic rings. The molecule has 6 atom stereocenters. The molecular weight excluding hydrogens is 743 g/mol. The van der Waals surface area contributed by atoms with Crippen LogP contribution in [0.4, 0.5) is 0 Å². The Labute approximate surface area is 335 Å². The van der Waals surface area contributed by atoms with Crippen molar-refractivity contribution in [1.82, 2.24) is 0 Å². The average Bonchev–Trinajstić information content (AvgIpc) is 3.16. The standard InChI is InChI=1S/C42H73O13P/c1-4-5-18-25-36(44)26-20-15-12-13-16-21-27-39(46)40(47)28-23-30-41(48)52-33-38(34-54-56(50,51)53-32-37(45)31-43)55-42(49)29-22-17-11-9-7-6-8-10-14-19-24-35(2)3/h5,12-13,15-16,18,20-21,26-27,35-40,43-47H,4,6-11,14,17,19,22-25,28-34H2,1-3H3,(H,50,51)/b15-12+,16-13-,18-5-,26-20+,27-21-/t36-,37+,38-,39+,40+/m1/s1. The lowest BCUT2D eigenvalue weighted by Crippen LogP contribution is -2.30. The summed E-state index contributed by atoms with van der Waals surface area (Å²) in [6.45, 7) is 4.06. The molecule has 0 radical (unpaired) electrons. The van der Waals surface area contributed by atoms with Crippen LogP contribution >= 0.6 is 7.82 Å². The average molecular weight is 817 g/mol. The van der Waals surface area contributed by atoms with E-state index in [1.807, 2.05) is 19.1 Å². The van der Waals surface area contributed by atoms with Crippen molar-refractivity contribution in [1.29, 1.82) is 0 Å². The van der Waals surface area contributed by atoms with Crippen LogP contribution in [0.15, 0.2) is 60.8 Å². The molecule has 14 heteroatoms. The van der Waals surface area contributed by atoms with E-state index in [-0.39, 0.29) is 25.7 Å². The lowest BCUT2D eigenvalue weighted by molar-refractivity contribution is -0.161. The van der Waals surface area contributed by atoms with E-state index in [2.05, 4.69) is 18.4 Å². The zero-order valence-electron chi connectivity index (χ0n) is 34.1. The fourth-order valence-corrected chi connectivity index (χ4v) is 5.95. The molecule has 0 saturated carbocycles. The Morgan fingerprint density at radius 1 is 0.661 bits per heavy atom. The quantitative estimate of drug-likeness (QED) is 0.0123. The molecule has 0 bridgehead atoms. The molecule has 0 heterocycles. The number of hydrogen-bond acceptors (Lipinski definition) is 12. The second kappa shape index (κ2) is 35.7. The fraction of sp³-hybridized carbons (Fsp3) is 0.714. The molecule has 0 saturated heterocycles. The number of phosphoric ester groups is 1. The van der Waals surface area contributed by atoms with Gasteiger partial charge >= 0.3 is 19.8 Å². The number of aliphatic hydroxyl groups is 5. The molecule has 0 rings (SSSR count). The van der Waals surface area contributed by atoms with Crippen LogP contribution in [-0.2, 0) is 32.7 Å². The third kappa shape index (κ3) is 34.8. The van der Waals surface area contributed by atoms with Crippen LogP contribution in [0.25, 0.3) is 0 Å². The molecule has 0 aromatic heterocycles. The maximum absolute atomic E-state index is 12.6. The van der Waals surface area contributed by atoms with E-state index in [1.165, 1.54) is 44.6 Å². The van der Waals surface area contributed by atoms with Crippen molar-refractivity contribution in [2.24, 2.45) is 5.92 Å². The Balaban J connectivity index is 4.68. The van der Waals surface area contributed by atoms with Gasteiger partial charge in [0.15, 0.2) is 6.10 Å². The lowest BCUT2D eigenvalue weighted by atomic mass is 10.0. The summed E-state index contributed by atoms with van der Waals surface area (Å²) < 4.78 is 32.4. The minimum absolute atomic E-state index is 0.0927. The summed E-state index contributed by atoms with van der Waals surface area (Å²) >= 11 is 0. The first-order chi connectivity index (χ1) is 26.8. The van der Waals surface area contributed by atoms with Crippen LogP contribution in [0.1, 0.15) is 130 Å². The first kappa shape index (κ1) is 53.6. The van der Waals surface area contributed by atoms with Gasteiger partial charge in [0.25, 0.3) is 0 Å². The van der Waals surface area contributed by atoms with Gasteiger partial charge in [-0.1, -0.05) is 146 Å². The summed E-state index contributed by atoms with van der Waals surface area (Å²) in [5, 5.41) is 48.6. The Hall–Kier alpha value is -2.45. The molecule has 56 heavy (non-hydrogen) atoms. The SMILES string of the molecule is CC/C=C\C[C@@H](O)/C=C/C=C/C=C\C=C/[C@H](O)[C@@H](O)CCCC(=O)OC[C@H](COP(=O)(O)OC[C@@H](O)CO)OC(=O)CCCCCCCCCCCCC(C)C. The number of unbranched alkanes of at least 4 members (excludes halogenated alkanes) is 9. The van der Waals surface area contributed by atoms with Crippen molar-refractivity contribution in [2.45, 2.75) is 160 Å². The van der Waals surface area contributed by atoms with Crippen LogP contribution in [0.3, 0.4) is 0 Å². The first-order valence-electron chi connectivity index (χ1n) is 20.4. The highest BCUT2D eigenvalue weighted by Gasteiger charge is 2.27. The van der Waals surface area contributed by atoms with Gasteiger partial charge in [0.2, 0.25) is 0 Å². The largest absolute Gasteiger partial charge is 0.472 e. The number of hydrogen-bond donors (Lipinski definition) is 6. The summed E-state index contributed by atoms with van der Waals surface area (Å²) in [7, 11) is -4.70. The molecule has 0 aliphatic heterocycles. The number of rotatable bonds is 36. The Morgan fingerprint density at radius 3 is 1.82 bits per heavy atom. The molecule has 1 unspecified atom stereocenters. The summed E-state index contributed by atoms with van der Waals surface area (Å²) in [4.78, 5) is 35.0. The van der Waals surface area contributed by atoms with Gasteiger partial charge < -0.3 is 39.9 Å².